The fourth-order valence-corrected chi connectivity index (χ4v) is 4.89. The van der Waals surface area contributed by atoms with Crippen LogP contribution in [0.1, 0.15) is 58.6 Å². The van der Waals surface area contributed by atoms with Crippen molar-refractivity contribution in [3.05, 3.63) is 70.8 Å². The van der Waals surface area contributed by atoms with Crippen molar-refractivity contribution in [2.45, 2.75) is 44.4 Å². The molecule has 0 bridgehead atoms. The van der Waals surface area contributed by atoms with E-state index in [4.69, 9.17) is 5.11 Å². The van der Waals surface area contributed by atoms with E-state index < -0.39 is 5.97 Å². The number of fused-ring (bicyclic) bond motifs is 1. The zero-order chi connectivity index (χ0) is 20.2. The maximum absolute atomic E-state index is 12.9. The van der Waals surface area contributed by atoms with Gasteiger partial charge in [0.05, 0.1) is 6.42 Å². The van der Waals surface area contributed by atoms with E-state index in [1.165, 1.54) is 18.4 Å². The minimum Gasteiger partial charge on any atom is -0.481 e. The van der Waals surface area contributed by atoms with Crippen molar-refractivity contribution in [3.8, 4) is 0 Å². The molecule has 1 saturated heterocycles. The van der Waals surface area contributed by atoms with Crippen LogP contribution in [0.4, 0.5) is 0 Å². The Labute approximate surface area is 172 Å². The second-order valence-electron chi connectivity index (χ2n) is 8.48. The van der Waals surface area contributed by atoms with Gasteiger partial charge in [-0.15, -0.1) is 0 Å². The number of aryl methyl sites for hydroxylation is 1. The number of carbonyl (C=O) groups excluding carboxylic acids is 1. The molecule has 152 valence electrons. The first-order valence-electron chi connectivity index (χ1n) is 10.8. The number of carbonyl (C=O) groups is 2. The fraction of sp³-hybridized carbons (Fsp3) is 0.440. The lowest BCUT2D eigenvalue weighted by Gasteiger charge is -2.33. The maximum atomic E-state index is 12.9. The van der Waals surface area contributed by atoms with Crippen LogP contribution in [0.15, 0.2) is 48.5 Å². The Bertz CT molecular complexity index is 869. The molecule has 2 aromatic rings. The summed E-state index contributed by atoms with van der Waals surface area (Å²) >= 11 is 0. The van der Waals surface area contributed by atoms with E-state index in [0.717, 1.165) is 55.6 Å². The third kappa shape index (κ3) is 4.76. The molecule has 29 heavy (non-hydrogen) atoms. The van der Waals surface area contributed by atoms with Gasteiger partial charge in [-0.25, -0.2) is 0 Å². The molecule has 4 heteroatoms. The average molecular weight is 392 g/mol. The van der Waals surface area contributed by atoms with E-state index in [2.05, 4.69) is 35.2 Å². The topological polar surface area (TPSA) is 57.6 Å². The highest BCUT2D eigenvalue weighted by molar-refractivity contribution is 6.00. The number of benzene rings is 2. The summed E-state index contributed by atoms with van der Waals surface area (Å²) in [5.41, 5.74) is 4.06. The van der Waals surface area contributed by atoms with Crippen LogP contribution in [-0.4, -0.2) is 41.4 Å². The van der Waals surface area contributed by atoms with E-state index in [1.54, 1.807) is 6.07 Å². The van der Waals surface area contributed by atoms with Crippen molar-refractivity contribution < 1.29 is 14.7 Å². The van der Waals surface area contributed by atoms with Crippen molar-refractivity contribution in [1.82, 2.24) is 4.90 Å². The van der Waals surface area contributed by atoms with Gasteiger partial charge in [-0.05, 0) is 74.3 Å². The first-order valence-corrected chi connectivity index (χ1v) is 10.8. The van der Waals surface area contributed by atoms with Gasteiger partial charge in [-0.1, -0.05) is 48.5 Å². The van der Waals surface area contributed by atoms with Gasteiger partial charge in [0.15, 0.2) is 5.78 Å². The van der Waals surface area contributed by atoms with E-state index in [9.17, 15) is 9.59 Å². The van der Waals surface area contributed by atoms with Gasteiger partial charge in [0, 0.05) is 11.5 Å². The molecule has 0 saturated carbocycles. The number of carboxylic acid groups (broad SMARTS) is 1. The first-order chi connectivity index (χ1) is 14.1. The zero-order valence-electron chi connectivity index (χ0n) is 16.8. The largest absolute Gasteiger partial charge is 0.481 e. The Morgan fingerprint density at radius 1 is 1.03 bits per heavy atom. The lowest BCUT2D eigenvalue weighted by molar-refractivity contribution is -0.136. The number of ketones is 1. The van der Waals surface area contributed by atoms with Crippen molar-refractivity contribution in [1.29, 1.82) is 0 Å². The molecule has 1 atom stereocenters. The number of rotatable bonds is 6. The van der Waals surface area contributed by atoms with Gasteiger partial charge >= 0.3 is 5.97 Å². The summed E-state index contributed by atoms with van der Waals surface area (Å²) in [4.78, 5) is 26.4. The van der Waals surface area contributed by atoms with E-state index in [-0.39, 0.29) is 18.1 Å². The highest BCUT2D eigenvalue weighted by Crippen LogP contribution is 2.31. The molecule has 1 unspecified atom stereocenters. The average Bonchev–Trinajstić information content (AvgIpc) is 2.74. The zero-order valence-corrected chi connectivity index (χ0v) is 16.8. The van der Waals surface area contributed by atoms with Crippen LogP contribution in [0.5, 0.6) is 0 Å². The second-order valence-corrected chi connectivity index (χ2v) is 8.48. The Kier molecular flexibility index (Phi) is 6.10. The summed E-state index contributed by atoms with van der Waals surface area (Å²) in [5, 5.41) is 8.97. The molecular formula is C25H29NO3. The van der Waals surface area contributed by atoms with Gasteiger partial charge < -0.3 is 10.0 Å². The minimum atomic E-state index is -0.832. The number of Topliss-reactive ketones (excluding diaryl/α,β-unsaturated/α-hetero) is 1. The predicted octanol–water partition coefficient (Wildman–Crippen LogP) is 4.33. The minimum absolute atomic E-state index is 0.0177. The summed E-state index contributed by atoms with van der Waals surface area (Å²) < 4.78 is 0. The number of aliphatic carboxylic acids is 1. The molecule has 4 nitrogen and oxygen atoms in total. The molecule has 1 aliphatic heterocycles. The Balaban J connectivity index is 1.29. The van der Waals surface area contributed by atoms with Gasteiger partial charge in [0.2, 0.25) is 0 Å². The fourth-order valence-electron chi connectivity index (χ4n) is 4.89. The predicted molar refractivity (Wildman–Crippen MR) is 113 cm³/mol. The van der Waals surface area contributed by atoms with Crippen molar-refractivity contribution in [3.63, 3.8) is 0 Å². The standard InChI is InChI=1S/C25H29NO3/c27-24(28)17-18-6-9-23-22(16-18)8-7-21(25(23)29)12-15-26-13-10-20(11-14-26)19-4-2-1-3-5-19/h1-6,9,16,20-21H,7-8,10-15,17H2,(H,27,28). The molecule has 2 aliphatic rings. The third-order valence-electron chi connectivity index (χ3n) is 6.58. The number of hydrogen-bond donors (Lipinski definition) is 1. The SMILES string of the molecule is O=C(O)Cc1ccc2c(c1)CCC(CCN1CCC(c3ccccc3)CC1)C2=O. The molecule has 0 radical (unpaired) electrons. The highest BCUT2D eigenvalue weighted by Gasteiger charge is 2.28. The van der Waals surface area contributed by atoms with Gasteiger partial charge in [-0.2, -0.15) is 0 Å². The number of nitrogens with zero attached hydrogens (tertiary/aromatic N) is 1. The smallest absolute Gasteiger partial charge is 0.307 e. The normalized spacial score (nSPS) is 20.4. The summed E-state index contributed by atoms with van der Waals surface area (Å²) in [5.74, 6) is 0.170. The van der Waals surface area contributed by atoms with Gasteiger partial charge in [0.25, 0.3) is 0 Å². The van der Waals surface area contributed by atoms with Crippen LogP contribution in [0.25, 0.3) is 0 Å². The first kappa shape index (κ1) is 19.8. The van der Waals surface area contributed by atoms with Crippen molar-refractivity contribution in [2.75, 3.05) is 19.6 Å². The van der Waals surface area contributed by atoms with Crippen LogP contribution < -0.4 is 0 Å². The Morgan fingerprint density at radius 3 is 2.52 bits per heavy atom. The second kappa shape index (κ2) is 8.91. The van der Waals surface area contributed by atoms with E-state index in [0.29, 0.717) is 5.92 Å². The Hall–Kier alpha value is -2.46. The van der Waals surface area contributed by atoms with E-state index >= 15 is 0 Å². The molecule has 0 amide bonds. The number of hydrogen-bond acceptors (Lipinski definition) is 3. The molecule has 1 N–H and O–H groups in total. The molecule has 1 aliphatic carbocycles. The molecule has 1 fully saturated rings. The van der Waals surface area contributed by atoms with Crippen LogP contribution in [-0.2, 0) is 17.6 Å². The number of carboxylic acids is 1. The monoisotopic (exact) mass is 391 g/mol. The maximum Gasteiger partial charge on any atom is 0.307 e. The summed E-state index contributed by atoms with van der Waals surface area (Å²) in [7, 11) is 0. The quantitative estimate of drug-likeness (QED) is 0.796. The summed E-state index contributed by atoms with van der Waals surface area (Å²) in [6.45, 7) is 3.20. The Morgan fingerprint density at radius 2 is 1.79 bits per heavy atom. The third-order valence-corrected chi connectivity index (χ3v) is 6.58. The van der Waals surface area contributed by atoms with Gasteiger partial charge in [-0.3, -0.25) is 9.59 Å². The van der Waals surface area contributed by atoms with Crippen LogP contribution in [0.2, 0.25) is 0 Å². The summed E-state index contributed by atoms with van der Waals surface area (Å²) in [6.07, 6.45) is 5.07. The molecule has 0 spiro atoms. The lowest BCUT2D eigenvalue weighted by Crippen LogP contribution is -2.35. The molecule has 1 heterocycles. The molecule has 2 aromatic carbocycles. The van der Waals surface area contributed by atoms with Crippen LogP contribution >= 0.6 is 0 Å². The number of piperidine rings is 1. The van der Waals surface area contributed by atoms with Crippen molar-refractivity contribution >= 4 is 11.8 Å². The van der Waals surface area contributed by atoms with E-state index in [1.807, 2.05) is 12.1 Å². The van der Waals surface area contributed by atoms with Crippen molar-refractivity contribution in [2.24, 2.45) is 5.92 Å². The summed E-state index contributed by atoms with van der Waals surface area (Å²) in [6, 6.07) is 16.3. The molecule has 0 aromatic heterocycles. The lowest BCUT2D eigenvalue weighted by atomic mass is 9.80. The molecular weight excluding hydrogens is 362 g/mol. The highest BCUT2D eigenvalue weighted by atomic mass is 16.4. The number of likely N-dealkylation sites (tertiary alicyclic amines) is 1. The van der Waals surface area contributed by atoms with Crippen LogP contribution in [0, 0.1) is 5.92 Å². The van der Waals surface area contributed by atoms with Crippen LogP contribution in [0.3, 0.4) is 0 Å². The van der Waals surface area contributed by atoms with Gasteiger partial charge in [0.1, 0.15) is 0 Å². The molecule has 4 rings (SSSR count).